The van der Waals surface area contributed by atoms with Gasteiger partial charge in [-0.1, -0.05) is 133 Å². The molecule has 0 heterocycles. The molecule has 2 aliphatic rings. The number of alkyl halides is 1. The van der Waals surface area contributed by atoms with Crippen molar-refractivity contribution in [2.45, 2.75) is 83.9 Å². The van der Waals surface area contributed by atoms with Crippen LogP contribution in [-0.4, -0.2) is 36.9 Å². The normalized spacial score (nSPS) is 22.4. The molecule has 0 radical (unpaired) electrons. The van der Waals surface area contributed by atoms with Crippen molar-refractivity contribution in [3.63, 3.8) is 0 Å². The highest BCUT2D eigenvalue weighted by Crippen LogP contribution is 2.50. The van der Waals surface area contributed by atoms with Crippen LogP contribution in [0, 0.1) is 17.3 Å². The largest absolute Gasteiger partial charge is 0.389 e. The van der Waals surface area contributed by atoms with E-state index in [1.165, 1.54) is 48.4 Å². The van der Waals surface area contributed by atoms with E-state index in [-0.39, 0.29) is 11.5 Å². The van der Waals surface area contributed by atoms with E-state index in [1.54, 1.807) is 5.57 Å². The first kappa shape index (κ1) is 30.0. The molecule has 1 N–H and O–H groups in total. The topological polar surface area (TPSA) is 38.7 Å². The lowest BCUT2D eigenvalue weighted by Gasteiger charge is -2.36. The Morgan fingerprint density at radius 3 is 1.89 bits per heavy atom. The maximum atomic E-state index is 11.9. The van der Waals surface area contributed by atoms with Gasteiger partial charge in [-0.15, -0.1) is 0 Å². The van der Waals surface area contributed by atoms with Gasteiger partial charge in [0.15, 0.2) is 0 Å². The smallest absolute Gasteiger partial charge is 0.0757 e. The van der Waals surface area contributed by atoms with Crippen molar-refractivity contribution in [2.24, 2.45) is 17.3 Å². The monoisotopic (exact) mass is 646 g/mol. The molecule has 2 aromatic rings. The number of benzene rings is 2. The number of hydrogen-bond donors (Lipinski definition) is 1. The van der Waals surface area contributed by atoms with E-state index in [0.717, 1.165) is 17.3 Å². The summed E-state index contributed by atoms with van der Waals surface area (Å²) >= 11 is 2.57. The number of aliphatic hydroxyl groups excluding tert-OH is 1. The van der Waals surface area contributed by atoms with Crippen molar-refractivity contribution < 1.29 is 14.6 Å². The van der Waals surface area contributed by atoms with Gasteiger partial charge in [0.25, 0.3) is 0 Å². The van der Waals surface area contributed by atoms with E-state index in [9.17, 15) is 5.11 Å². The lowest BCUT2D eigenvalue weighted by molar-refractivity contribution is -0.0303. The highest BCUT2D eigenvalue weighted by Gasteiger charge is 2.46. The van der Waals surface area contributed by atoms with Crippen LogP contribution >= 0.6 is 22.6 Å². The van der Waals surface area contributed by atoms with Crippen LogP contribution in [0.4, 0.5) is 0 Å². The summed E-state index contributed by atoms with van der Waals surface area (Å²) in [4.78, 5) is 0. The fourth-order valence-electron chi connectivity index (χ4n) is 6.71. The summed E-state index contributed by atoms with van der Waals surface area (Å²) in [6, 6.07) is 20.9. The maximum absolute atomic E-state index is 11.9. The van der Waals surface area contributed by atoms with Crippen molar-refractivity contribution in [3.05, 3.63) is 82.6 Å². The molecule has 0 unspecified atom stereocenters. The van der Waals surface area contributed by atoms with E-state index in [2.05, 4.69) is 103 Å². The Labute approximate surface area is 245 Å². The van der Waals surface area contributed by atoms with E-state index < -0.39 is 8.07 Å². The molecule has 208 valence electrons. The van der Waals surface area contributed by atoms with Crippen LogP contribution in [0.5, 0.6) is 0 Å². The van der Waals surface area contributed by atoms with Gasteiger partial charge in [0.1, 0.15) is 0 Å². The minimum absolute atomic E-state index is 0.0636. The van der Waals surface area contributed by atoms with E-state index in [0.29, 0.717) is 38.3 Å². The van der Waals surface area contributed by atoms with Gasteiger partial charge in [-0.05, 0) is 48.6 Å². The minimum atomic E-state index is -1.74. The third kappa shape index (κ3) is 8.03. The van der Waals surface area contributed by atoms with Gasteiger partial charge in [0.2, 0.25) is 0 Å². The first-order chi connectivity index (χ1) is 18.3. The molecule has 0 amide bonds. The van der Waals surface area contributed by atoms with Crippen molar-refractivity contribution in [2.75, 3.05) is 17.6 Å². The molecule has 2 atom stereocenters. The molecule has 2 saturated carbocycles. The number of rotatable bonds is 12. The van der Waals surface area contributed by atoms with Crippen molar-refractivity contribution in [1.82, 2.24) is 0 Å². The molecule has 2 aromatic carbocycles. The van der Waals surface area contributed by atoms with Crippen LogP contribution in [0.1, 0.15) is 56.1 Å². The van der Waals surface area contributed by atoms with Gasteiger partial charge in [-0.2, -0.15) is 0 Å². The minimum Gasteiger partial charge on any atom is -0.389 e. The van der Waals surface area contributed by atoms with Gasteiger partial charge >= 0.3 is 0 Å². The van der Waals surface area contributed by atoms with Crippen molar-refractivity contribution in [1.29, 1.82) is 0 Å². The Balaban J connectivity index is 1.59. The number of ether oxygens (including phenoxy) is 2. The van der Waals surface area contributed by atoms with Crippen LogP contribution in [0.15, 0.2) is 71.4 Å². The SMILES string of the molecule is C[Si](C)(C)/C(=C1\CC(COCc2ccccc2)(COCc2ccccc2)C[C@H]1CI)[C@H](O)C1CCCCC1. The fourth-order valence-corrected chi connectivity index (χ4v) is 9.93. The molecule has 2 fully saturated rings. The van der Waals surface area contributed by atoms with Gasteiger partial charge in [0.05, 0.1) is 40.6 Å². The zero-order valence-electron chi connectivity index (χ0n) is 23.6. The Kier molecular flexibility index (Phi) is 11.1. The second-order valence-corrected chi connectivity index (χ2v) is 18.6. The molecule has 0 saturated heterocycles. The van der Waals surface area contributed by atoms with Crippen LogP contribution < -0.4 is 0 Å². The average molecular weight is 647 g/mol. The molecule has 0 aliphatic heterocycles. The summed E-state index contributed by atoms with van der Waals surface area (Å²) in [6.07, 6.45) is 7.94. The average Bonchev–Trinajstić information content (AvgIpc) is 3.27. The Hall–Kier alpha value is -0.993. The Morgan fingerprint density at radius 1 is 0.895 bits per heavy atom. The molecular formula is C33H47IO3Si. The lowest BCUT2D eigenvalue weighted by atomic mass is 9.83. The standard InChI is InChI=1S/C33H47IO3Si/c1-38(2,3)32(31(35)28-17-11-6-12-18-28)30-20-33(19-29(30)21-34,24-36-22-26-13-7-4-8-14-26)25-37-23-27-15-9-5-10-16-27/h4-5,7-10,13-16,28-29,31,35H,6,11-12,17-25H2,1-3H3/b32-30+/t29-,31+/m0/s1. The number of allylic oxidation sites excluding steroid dienone is 1. The van der Waals surface area contributed by atoms with E-state index >= 15 is 0 Å². The summed E-state index contributed by atoms with van der Waals surface area (Å²) in [5.74, 6) is 0.905. The summed E-state index contributed by atoms with van der Waals surface area (Å²) in [5, 5.41) is 13.3. The van der Waals surface area contributed by atoms with Crippen molar-refractivity contribution in [3.8, 4) is 0 Å². The van der Waals surface area contributed by atoms with Crippen LogP contribution in [-0.2, 0) is 22.7 Å². The Bertz CT molecular complexity index is 966. The zero-order chi connectivity index (χ0) is 27.0. The first-order valence-electron chi connectivity index (χ1n) is 14.5. The molecule has 0 aromatic heterocycles. The summed E-state index contributed by atoms with van der Waals surface area (Å²) in [6.45, 7) is 9.93. The highest BCUT2D eigenvalue weighted by atomic mass is 127. The number of hydrogen-bond acceptors (Lipinski definition) is 3. The maximum Gasteiger partial charge on any atom is 0.0757 e. The van der Waals surface area contributed by atoms with E-state index in [4.69, 9.17) is 9.47 Å². The van der Waals surface area contributed by atoms with Gasteiger partial charge in [-0.3, -0.25) is 0 Å². The number of aliphatic hydroxyl groups is 1. The molecule has 0 bridgehead atoms. The second-order valence-electron chi connectivity index (χ2n) is 12.7. The summed E-state index contributed by atoms with van der Waals surface area (Å²) in [7, 11) is -1.74. The molecule has 5 heteroatoms. The van der Waals surface area contributed by atoms with Gasteiger partial charge in [0, 0.05) is 9.84 Å². The predicted octanol–water partition coefficient (Wildman–Crippen LogP) is 8.37. The third-order valence-corrected chi connectivity index (χ3v) is 11.8. The quantitative estimate of drug-likeness (QED) is 0.143. The van der Waals surface area contributed by atoms with Gasteiger partial charge in [-0.25, -0.2) is 0 Å². The molecule has 3 nitrogen and oxygen atoms in total. The van der Waals surface area contributed by atoms with E-state index in [1.807, 2.05) is 0 Å². The molecule has 4 rings (SSSR count). The van der Waals surface area contributed by atoms with Crippen LogP contribution in [0.2, 0.25) is 19.6 Å². The van der Waals surface area contributed by atoms with Crippen molar-refractivity contribution >= 4 is 30.7 Å². The van der Waals surface area contributed by atoms with Gasteiger partial charge < -0.3 is 14.6 Å². The lowest BCUT2D eigenvalue weighted by Crippen LogP contribution is -2.39. The second kappa shape index (κ2) is 14.1. The first-order valence-corrected chi connectivity index (χ1v) is 19.5. The molecular weight excluding hydrogens is 599 g/mol. The Morgan fingerprint density at radius 2 is 1.42 bits per heavy atom. The fraction of sp³-hybridized carbons (Fsp3) is 0.576. The number of halogens is 1. The molecule has 2 aliphatic carbocycles. The summed E-state index contributed by atoms with van der Waals surface area (Å²) < 4.78 is 14.0. The van der Waals surface area contributed by atoms with Crippen LogP contribution in [0.25, 0.3) is 0 Å². The van der Waals surface area contributed by atoms with Crippen LogP contribution in [0.3, 0.4) is 0 Å². The highest BCUT2D eigenvalue weighted by molar-refractivity contribution is 14.1. The summed E-state index contributed by atoms with van der Waals surface area (Å²) in [5.41, 5.74) is 3.90. The molecule has 0 spiro atoms. The third-order valence-electron chi connectivity index (χ3n) is 8.51. The predicted molar refractivity (Wildman–Crippen MR) is 169 cm³/mol. The zero-order valence-corrected chi connectivity index (χ0v) is 26.8. The molecule has 38 heavy (non-hydrogen) atoms.